The van der Waals surface area contributed by atoms with E-state index in [9.17, 15) is 14.4 Å². The lowest BCUT2D eigenvalue weighted by Crippen LogP contribution is -2.49. The summed E-state index contributed by atoms with van der Waals surface area (Å²) >= 11 is 0. The Morgan fingerprint density at radius 1 is 1.05 bits per heavy atom. The highest BCUT2D eigenvalue weighted by atomic mass is 16.2. The molecule has 2 aromatic rings. The molecule has 1 aromatic carbocycles. The highest BCUT2D eigenvalue weighted by Crippen LogP contribution is 2.18. The van der Waals surface area contributed by atoms with Crippen LogP contribution in [0.5, 0.6) is 0 Å². The van der Waals surface area contributed by atoms with Gasteiger partial charge in [0.25, 0.3) is 5.91 Å². The summed E-state index contributed by atoms with van der Waals surface area (Å²) in [6.07, 6.45) is 6.41. The van der Waals surface area contributed by atoms with Crippen molar-refractivity contribution in [2.45, 2.75) is 39.2 Å². The molecule has 0 aliphatic carbocycles. The number of rotatable bonds is 17. The van der Waals surface area contributed by atoms with E-state index in [-0.39, 0.29) is 17.4 Å². The number of likely N-dealkylation sites (N-methyl/N-ethyl adjacent to an activating group) is 1. The number of anilines is 3. The van der Waals surface area contributed by atoms with E-state index in [1.54, 1.807) is 30.3 Å². The van der Waals surface area contributed by atoms with Crippen LogP contribution < -0.4 is 32.3 Å². The van der Waals surface area contributed by atoms with Crippen molar-refractivity contribution in [3.63, 3.8) is 0 Å². The number of carbonyl (C=O) groups is 3. The zero-order valence-electron chi connectivity index (χ0n) is 24.1. The molecule has 218 valence electrons. The number of nitrogens with zero attached hydrogens (tertiary/aromatic N) is 3. The topological polar surface area (TPSA) is 166 Å². The Morgan fingerprint density at radius 3 is 2.42 bits per heavy atom. The summed E-state index contributed by atoms with van der Waals surface area (Å²) in [6.45, 7) is 9.00. The van der Waals surface area contributed by atoms with Crippen LogP contribution in [-0.2, 0) is 4.79 Å². The van der Waals surface area contributed by atoms with Crippen LogP contribution in [0, 0.1) is 0 Å². The van der Waals surface area contributed by atoms with Gasteiger partial charge in [-0.15, -0.1) is 0 Å². The first-order chi connectivity index (χ1) is 19.0. The Hall–Kier alpha value is -4.03. The maximum atomic E-state index is 12.9. The second kappa shape index (κ2) is 16.2. The molecule has 0 saturated heterocycles. The number of hydrogen-bond donors (Lipinski definition) is 6. The molecule has 2 rings (SSSR count). The molecular formula is C28H43N9O3. The van der Waals surface area contributed by atoms with Crippen LogP contribution in [0.15, 0.2) is 42.6 Å². The third-order valence-electron chi connectivity index (χ3n) is 5.69. The van der Waals surface area contributed by atoms with Crippen LogP contribution in [0.3, 0.4) is 0 Å². The second-order valence-corrected chi connectivity index (χ2v) is 10.3. The van der Waals surface area contributed by atoms with E-state index in [0.717, 1.165) is 6.42 Å². The first-order valence-corrected chi connectivity index (χ1v) is 13.4. The SMILES string of the molecule is CCCNc1nc(Nc2ccc(C(N)=O)cc2)ncc1C(=O)NCCCNC(C)(C)CNC(=O)/C=C/CN(C)C. The third kappa shape index (κ3) is 11.8. The highest BCUT2D eigenvalue weighted by Gasteiger charge is 2.18. The van der Waals surface area contributed by atoms with Crippen molar-refractivity contribution >= 4 is 35.2 Å². The van der Waals surface area contributed by atoms with Crippen molar-refractivity contribution in [3.05, 3.63) is 53.7 Å². The van der Waals surface area contributed by atoms with Gasteiger partial charge in [-0.25, -0.2) is 4.98 Å². The summed E-state index contributed by atoms with van der Waals surface area (Å²) in [5.41, 5.74) is 6.42. The van der Waals surface area contributed by atoms with Gasteiger partial charge in [0.05, 0.1) is 0 Å². The van der Waals surface area contributed by atoms with E-state index in [1.165, 1.54) is 6.20 Å². The maximum absolute atomic E-state index is 12.9. The summed E-state index contributed by atoms with van der Waals surface area (Å²) < 4.78 is 0. The summed E-state index contributed by atoms with van der Waals surface area (Å²) in [7, 11) is 3.89. The van der Waals surface area contributed by atoms with E-state index in [4.69, 9.17) is 5.73 Å². The Balaban J connectivity index is 1.85. The fourth-order valence-electron chi connectivity index (χ4n) is 3.45. The molecule has 12 heteroatoms. The lowest BCUT2D eigenvalue weighted by atomic mass is 10.1. The number of hydrogen-bond acceptors (Lipinski definition) is 9. The predicted molar refractivity (Wildman–Crippen MR) is 159 cm³/mol. The second-order valence-electron chi connectivity index (χ2n) is 10.3. The van der Waals surface area contributed by atoms with Crippen LogP contribution in [0.2, 0.25) is 0 Å². The van der Waals surface area contributed by atoms with Crippen molar-refractivity contribution in [2.24, 2.45) is 5.73 Å². The summed E-state index contributed by atoms with van der Waals surface area (Å²) in [4.78, 5) is 46.9. The quantitative estimate of drug-likeness (QED) is 0.127. The molecule has 7 N–H and O–H groups in total. The predicted octanol–water partition coefficient (Wildman–Crippen LogP) is 1.86. The van der Waals surface area contributed by atoms with Crippen molar-refractivity contribution in [2.75, 3.05) is 57.5 Å². The van der Waals surface area contributed by atoms with Crippen molar-refractivity contribution in [1.82, 2.24) is 30.8 Å². The van der Waals surface area contributed by atoms with Gasteiger partial charge in [0.2, 0.25) is 17.8 Å². The number of amides is 3. The van der Waals surface area contributed by atoms with Gasteiger partial charge in [0, 0.05) is 55.2 Å². The number of nitrogens with two attached hydrogens (primary N) is 1. The van der Waals surface area contributed by atoms with Crippen LogP contribution in [-0.4, -0.2) is 84.9 Å². The molecule has 0 fully saturated rings. The van der Waals surface area contributed by atoms with E-state index in [1.807, 2.05) is 45.8 Å². The molecule has 0 aliphatic heterocycles. The first kappa shape index (κ1) is 32.2. The first-order valence-electron chi connectivity index (χ1n) is 13.4. The molecule has 40 heavy (non-hydrogen) atoms. The number of nitrogens with one attached hydrogen (secondary N) is 5. The van der Waals surface area contributed by atoms with Crippen LogP contribution >= 0.6 is 0 Å². The van der Waals surface area contributed by atoms with Gasteiger partial charge in [0.1, 0.15) is 11.4 Å². The van der Waals surface area contributed by atoms with E-state index in [2.05, 4.69) is 36.6 Å². The van der Waals surface area contributed by atoms with Crippen molar-refractivity contribution in [3.8, 4) is 0 Å². The molecule has 3 amide bonds. The normalized spacial score (nSPS) is 11.4. The molecule has 0 saturated carbocycles. The number of primary amides is 1. The molecular weight excluding hydrogens is 510 g/mol. The molecule has 0 bridgehead atoms. The molecule has 0 unspecified atom stereocenters. The van der Waals surface area contributed by atoms with Gasteiger partial charge in [-0.1, -0.05) is 13.0 Å². The zero-order valence-corrected chi connectivity index (χ0v) is 24.1. The van der Waals surface area contributed by atoms with Crippen molar-refractivity contribution in [1.29, 1.82) is 0 Å². The average molecular weight is 554 g/mol. The Bertz CT molecular complexity index is 1150. The number of aromatic nitrogens is 2. The van der Waals surface area contributed by atoms with Gasteiger partial charge in [-0.3, -0.25) is 14.4 Å². The van der Waals surface area contributed by atoms with E-state index < -0.39 is 5.91 Å². The maximum Gasteiger partial charge on any atom is 0.256 e. The molecule has 12 nitrogen and oxygen atoms in total. The van der Waals surface area contributed by atoms with Gasteiger partial charge in [-0.2, -0.15) is 4.98 Å². The van der Waals surface area contributed by atoms with Gasteiger partial charge in [0.15, 0.2) is 0 Å². The lowest BCUT2D eigenvalue weighted by Gasteiger charge is -2.26. The van der Waals surface area contributed by atoms with E-state index in [0.29, 0.717) is 67.7 Å². The fourth-order valence-corrected chi connectivity index (χ4v) is 3.45. The van der Waals surface area contributed by atoms with Gasteiger partial charge >= 0.3 is 0 Å². The minimum absolute atomic E-state index is 0.124. The molecule has 1 heterocycles. The molecule has 0 aliphatic rings. The summed E-state index contributed by atoms with van der Waals surface area (Å²) in [5.74, 6) is -0.154. The molecule has 1 aromatic heterocycles. The largest absolute Gasteiger partial charge is 0.369 e. The van der Waals surface area contributed by atoms with Crippen molar-refractivity contribution < 1.29 is 14.4 Å². The standard InChI is InChI=1S/C28H43N9O3/c1-6-14-30-25-22(18-32-27(36-25)35-21-12-10-20(11-13-21)24(29)39)26(40)31-15-8-16-34-28(2,3)19-33-23(38)9-7-17-37(4)5/h7,9-13,18,34H,6,8,14-17,19H2,1-5H3,(H2,29,39)(H,31,40)(H,33,38)(H2,30,32,35,36)/b9-7+. The molecule has 0 spiro atoms. The van der Waals surface area contributed by atoms with Gasteiger partial charge < -0.3 is 37.2 Å². The zero-order chi connectivity index (χ0) is 29.5. The monoisotopic (exact) mass is 553 g/mol. The van der Waals surface area contributed by atoms with Crippen LogP contribution in [0.4, 0.5) is 17.5 Å². The third-order valence-corrected chi connectivity index (χ3v) is 5.69. The van der Waals surface area contributed by atoms with Crippen LogP contribution in [0.25, 0.3) is 0 Å². The molecule has 0 atom stereocenters. The minimum atomic E-state index is -0.503. The highest BCUT2D eigenvalue weighted by molar-refractivity contribution is 5.98. The molecule has 0 radical (unpaired) electrons. The fraction of sp³-hybridized carbons (Fsp3) is 0.464. The summed E-state index contributed by atoms with van der Waals surface area (Å²) in [6, 6.07) is 6.63. The summed E-state index contributed by atoms with van der Waals surface area (Å²) in [5, 5.41) is 15.5. The van der Waals surface area contributed by atoms with Crippen LogP contribution in [0.1, 0.15) is 54.3 Å². The van der Waals surface area contributed by atoms with E-state index >= 15 is 0 Å². The number of benzene rings is 1. The Kier molecular flexibility index (Phi) is 13.0. The Labute approximate surface area is 236 Å². The average Bonchev–Trinajstić information content (AvgIpc) is 2.90. The Morgan fingerprint density at radius 2 is 1.77 bits per heavy atom. The smallest absolute Gasteiger partial charge is 0.256 e. The number of carbonyl (C=O) groups excluding carboxylic acids is 3. The van der Waals surface area contributed by atoms with Gasteiger partial charge in [-0.05, 0) is 71.6 Å². The lowest BCUT2D eigenvalue weighted by molar-refractivity contribution is -0.116. The minimum Gasteiger partial charge on any atom is -0.369 e.